The largest absolute Gasteiger partial charge is 0.376 e. The number of halogens is 2. The molecule has 0 bridgehead atoms. The van der Waals surface area contributed by atoms with Crippen LogP contribution < -0.4 is 5.32 Å². The van der Waals surface area contributed by atoms with E-state index in [9.17, 15) is 9.18 Å². The SMILES string of the molecule is O=C(N[C@H](c1ccc(F)cc1)[C@H]1CCCO1)N1CCC[C@H]1c1ccccc1Cl. The topological polar surface area (TPSA) is 41.6 Å². The molecule has 2 aliphatic rings. The highest BCUT2D eigenvalue weighted by Crippen LogP contribution is 2.36. The Labute approximate surface area is 169 Å². The second-order valence-electron chi connectivity index (χ2n) is 7.40. The van der Waals surface area contributed by atoms with Crippen LogP contribution in [0.2, 0.25) is 5.02 Å². The molecule has 6 heteroatoms. The molecule has 28 heavy (non-hydrogen) atoms. The Morgan fingerprint density at radius 2 is 1.93 bits per heavy atom. The third-order valence-corrected chi connectivity index (χ3v) is 5.97. The first-order chi connectivity index (χ1) is 13.6. The number of nitrogens with one attached hydrogen (secondary N) is 1. The molecule has 3 atom stereocenters. The van der Waals surface area contributed by atoms with Crippen molar-refractivity contribution in [2.45, 2.75) is 43.9 Å². The highest BCUT2D eigenvalue weighted by Gasteiger charge is 2.35. The van der Waals surface area contributed by atoms with Crippen LogP contribution in [0.4, 0.5) is 9.18 Å². The van der Waals surface area contributed by atoms with Crippen molar-refractivity contribution in [2.24, 2.45) is 0 Å². The van der Waals surface area contributed by atoms with Crippen LogP contribution >= 0.6 is 11.6 Å². The third-order valence-electron chi connectivity index (χ3n) is 5.62. The van der Waals surface area contributed by atoms with E-state index in [4.69, 9.17) is 16.3 Å². The van der Waals surface area contributed by atoms with Gasteiger partial charge in [0.2, 0.25) is 0 Å². The molecule has 0 aromatic heterocycles. The molecule has 2 amide bonds. The minimum absolute atomic E-state index is 0.0351. The van der Waals surface area contributed by atoms with E-state index in [2.05, 4.69) is 5.32 Å². The van der Waals surface area contributed by atoms with Crippen LogP contribution in [0.15, 0.2) is 48.5 Å². The van der Waals surface area contributed by atoms with Gasteiger partial charge in [-0.1, -0.05) is 41.9 Å². The zero-order valence-corrected chi connectivity index (χ0v) is 16.4. The molecule has 2 aromatic carbocycles. The summed E-state index contributed by atoms with van der Waals surface area (Å²) >= 11 is 6.38. The predicted octanol–water partition coefficient (Wildman–Crippen LogP) is 5.25. The molecular formula is C22H24ClFN2O2. The van der Waals surface area contributed by atoms with Gasteiger partial charge in [-0.05, 0) is 55.0 Å². The Balaban J connectivity index is 1.55. The van der Waals surface area contributed by atoms with Crippen molar-refractivity contribution in [2.75, 3.05) is 13.2 Å². The number of ether oxygens (including phenoxy) is 1. The fraction of sp³-hybridized carbons (Fsp3) is 0.409. The first-order valence-electron chi connectivity index (χ1n) is 9.82. The normalized spacial score (nSPS) is 23.0. The Bertz CT molecular complexity index is 824. The van der Waals surface area contributed by atoms with Gasteiger partial charge in [0.15, 0.2) is 0 Å². The highest BCUT2D eigenvalue weighted by molar-refractivity contribution is 6.31. The minimum Gasteiger partial charge on any atom is -0.376 e. The number of rotatable bonds is 4. The molecule has 2 aromatic rings. The monoisotopic (exact) mass is 402 g/mol. The summed E-state index contributed by atoms with van der Waals surface area (Å²) in [6, 6.07) is 13.5. The maximum absolute atomic E-state index is 13.4. The lowest BCUT2D eigenvalue weighted by Crippen LogP contribution is -2.44. The van der Waals surface area contributed by atoms with Crippen LogP contribution in [0.3, 0.4) is 0 Å². The predicted molar refractivity (Wildman–Crippen MR) is 107 cm³/mol. The Kier molecular flexibility index (Phi) is 5.83. The highest BCUT2D eigenvalue weighted by atomic mass is 35.5. The number of likely N-dealkylation sites (tertiary alicyclic amines) is 1. The molecule has 4 rings (SSSR count). The van der Waals surface area contributed by atoms with Gasteiger partial charge in [0.05, 0.1) is 18.2 Å². The van der Waals surface area contributed by atoms with Gasteiger partial charge < -0.3 is 15.0 Å². The Morgan fingerprint density at radius 3 is 2.64 bits per heavy atom. The fourth-order valence-corrected chi connectivity index (χ4v) is 4.48. The first-order valence-corrected chi connectivity index (χ1v) is 10.2. The summed E-state index contributed by atoms with van der Waals surface area (Å²) in [5, 5.41) is 3.83. The van der Waals surface area contributed by atoms with Gasteiger partial charge in [0.1, 0.15) is 5.82 Å². The fourth-order valence-electron chi connectivity index (χ4n) is 4.22. The summed E-state index contributed by atoms with van der Waals surface area (Å²) in [7, 11) is 0. The van der Waals surface area contributed by atoms with Crippen LogP contribution in [-0.4, -0.2) is 30.2 Å². The van der Waals surface area contributed by atoms with E-state index in [1.165, 1.54) is 12.1 Å². The molecule has 0 unspecified atom stereocenters. The van der Waals surface area contributed by atoms with Crippen molar-refractivity contribution in [3.8, 4) is 0 Å². The van der Waals surface area contributed by atoms with Gasteiger partial charge in [0, 0.05) is 18.2 Å². The molecule has 0 saturated carbocycles. The van der Waals surface area contributed by atoms with Crippen LogP contribution in [-0.2, 0) is 4.74 Å². The average molecular weight is 403 g/mol. The number of hydrogen-bond donors (Lipinski definition) is 1. The van der Waals surface area contributed by atoms with Gasteiger partial charge in [-0.25, -0.2) is 9.18 Å². The molecule has 148 valence electrons. The number of amides is 2. The van der Waals surface area contributed by atoms with Crippen LogP contribution in [0, 0.1) is 5.82 Å². The standard InChI is InChI=1S/C22H24ClFN2O2/c23-18-6-2-1-5-17(18)19-7-3-13-26(19)22(27)25-21(20-8-4-14-28-20)15-9-11-16(24)12-10-15/h1-2,5-6,9-12,19-21H,3-4,7-8,13-14H2,(H,25,27)/t19-,20+,21+/m0/s1. The molecule has 0 aliphatic carbocycles. The molecule has 2 aliphatic heterocycles. The van der Waals surface area contributed by atoms with Crippen molar-refractivity contribution in [1.82, 2.24) is 10.2 Å². The van der Waals surface area contributed by atoms with Crippen molar-refractivity contribution in [1.29, 1.82) is 0 Å². The van der Waals surface area contributed by atoms with E-state index in [1.54, 1.807) is 12.1 Å². The van der Waals surface area contributed by atoms with Crippen LogP contribution in [0.1, 0.15) is 48.9 Å². The van der Waals surface area contributed by atoms with E-state index >= 15 is 0 Å². The summed E-state index contributed by atoms with van der Waals surface area (Å²) in [5.41, 5.74) is 1.84. The number of carbonyl (C=O) groups excluding carboxylic acids is 1. The molecule has 2 fully saturated rings. The van der Waals surface area contributed by atoms with Crippen molar-refractivity contribution in [3.05, 3.63) is 70.5 Å². The number of carbonyl (C=O) groups is 1. The maximum atomic E-state index is 13.4. The van der Waals surface area contributed by atoms with Crippen LogP contribution in [0.5, 0.6) is 0 Å². The number of hydrogen-bond acceptors (Lipinski definition) is 2. The third kappa shape index (κ3) is 4.01. The molecule has 0 spiro atoms. The lowest BCUT2D eigenvalue weighted by molar-refractivity contribution is 0.0775. The second-order valence-corrected chi connectivity index (χ2v) is 7.81. The van der Waals surface area contributed by atoms with E-state index < -0.39 is 0 Å². The molecule has 2 saturated heterocycles. The number of benzene rings is 2. The average Bonchev–Trinajstić information content (AvgIpc) is 3.39. The zero-order chi connectivity index (χ0) is 19.5. The summed E-state index contributed by atoms with van der Waals surface area (Å²) in [6.45, 7) is 1.37. The minimum atomic E-state index is -0.303. The molecule has 4 nitrogen and oxygen atoms in total. The number of nitrogens with zero attached hydrogens (tertiary/aromatic N) is 1. The van der Waals surface area contributed by atoms with Gasteiger partial charge >= 0.3 is 6.03 Å². The molecule has 0 radical (unpaired) electrons. The van der Waals surface area contributed by atoms with Crippen molar-refractivity contribution < 1.29 is 13.9 Å². The number of urea groups is 1. The van der Waals surface area contributed by atoms with Crippen LogP contribution in [0.25, 0.3) is 0 Å². The maximum Gasteiger partial charge on any atom is 0.318 e. The van der Waals surface area contributed by atoms with Crippen molar-refractivity contribution >= 4 is 17.6 Å². The summed E-state index contributed by atoms with van der Waals surface area (Å²) in [4.78, 5) is 15.0. The van der Waals surface area contributed by atoms with Gasteiger partial charge in [-0.15, -0.1) is 0 Å². The van der Waals surface area contributed by atoms with E-state index in [1.807, 2.05) is 29.2 Å². The summed E-state index contributed by atoms with van der Waals surface area (Å²) in [6.07, 6.45) is 3.55. The first kappa shape index (κ1) is 19.2. The van der Waals surface area contributed by atoms with Gasteiger partial charge in [0.25, 0.3) is 0 Å². The van der Waals surface area contributed by atoms with Gasteiger partial charge in [-0.2, -0.15) is 0 Å². The smallest absolute Gasteiger partial charge is 0.318 e. The quantitative estimate of drug-likeness (QED) is 0.759. The molecule has 1 N–H and O–H groups in total. The second kappa shape index (κ2) is 8.50. The summed E-state index contributed by atoms with van der Waals surface area (Å²) < 4.78 is 19.2. The lowest BCUT2D eigenvalue weighted by Gasteiger charge is -2.31. The summed E-state index contributed by atoms with van der Waals surface area (Å²) in [5.74, 6) is -0.292. The lowest BCUT2D eigenvalue weighted by atomic mass is 9.99. The molecular weight excluding hydrogens is 379 g/mol. The van der Waals surface area contributed by atoms with E-state index in [-0.39, 0.29) is 30.0 Å². The van der Waals surface area contributed by atoms with E-state index in [0.717, 1.165) is 36.8 Å². The zero-order valence-electron chi connectivity index (χ0n) is 15.6. The van der Waals surface area contributed by atoms with Crippen molar-refractivity contribution in [3.63, 3.8) is 0 Å². The Morgan fingerprint density at radius 1 is 1.14 bits per heavy atom. The van der Waals surface area contributed by atoms with Gasteiger partial charge in [-0.3, -0.25) is 0 Å². The van der Waals surface area contributed by atoms with E-state index in [0.29, 0.717) is 18.2 Å². The molecule has 2 heterocycles. The Hall–Kier alpha value is -2.11.